The van der Waals surface area contributed by atoms with Gasteiger partial charge in [0.05, 0.1) is 30.0 Å². The molecule has 1 aliphatic rings. The number of hydrogen-bond donors (Lipinski definition) is 0. The summed E-state index contributed by atoms with van der Waals surface area (Å²) < 4.78 is 18.4. The highest BCUT2D eigenvalue weighted by atomic mass is 19.1. The fraction of sp³-hybridized carbons (Fsp3) is 0.105. The van der Waals surface area contributed by atoms with Crippen molar-refractivity contribution in [3.05, 3.63) is 77.6 Å². The lowest BCUT2D eigenvalue weighted by Crippen LogP contribution is -2.36. The molecule has 1 atom stereocenters. The van der Waals surface area contributed by atoms with Crippen LogP contribution in [0.4, 0.5) is 10.1 Å². The molecule has 3 rings (SSSR count). The van der Waals surface area contributed by atoms with E-state index in [0.29, 0.717) is 11.3 Å². The van der Waals surface area contributed by atoms with Crippen LogP contribution in [-0.2, 0) is 14.3 Å². The SMILES string of the molecule is C=C(C(=O)OC)[C@H](c1cccc(F)c1)N1C(=O)C(=O)c2ccccc21. The lowest BCUT2D eigenvalue weighted by atomic mass is 9.97. The first-order chi connectivity index (χ1) is 12.0. The Morgan fingerprint density at radius 3 is 2.56 bits per heavy atom. The smallest absolute Gasteiger partial charge is 0.335 e. The van der Waals surface area contributed by atoms with Crippen molar-refractivity contribution in [3.8, 4) is 0 Å². The van der Waals surface area contributed by atoms with Gasteiger partial charge in [0.25, 0.3) is 11.7 Å². The number of carbonyl (C=O) groups excluding carboxylic acids is 3. The van der Waals surface area contributed by atoms with Gasteiger partial charge in [-0.05, 0) is 29.8 Å². The molecule has 1 heterocycles. The molecule has 0 spiro atoms. The molecule has 126 valence electrons. The van der Waals surface area contributed by atoms with Crippen LogP contribution in [0.1, 0.15) is 22.0 Å². The molecule has 1 amide bonds. The van der Waals surface area contributed by atoms with E-state index in [4.69, 9.17) is 4.74 Å². The number of fused-ring (bicyclic) bond motifs is 1. The van der Waals surface area contributed by atoms with E-state index in [1.165, 1.54) is 31.4 Å². The zero-order valence-electron chi connectivity index (χ0n) is 13.4. The Balaban J connectivity index is 2.19. The van der Waals surface area contributed by atoms with E-state index in [-0.39, 0.29) is 11.1 Å². The van der Waals surface area contributed by atoms with Gasteiger partial charge in [-0.1, -0.05) is 30.8 Å². The molecule has 2 aromatic rings. The molecule has 5 nitrogen and oxygen atoms in total. The van der Waals surface area contributed by atoms with Crippen molar-refractivity contribution in [3.63, 3.8) is 0 Å². The van der Waals surface area contributed by atoms with Crippen LogP contribution in [-0.4, -0.2) is 24.8 Å². The van der Waals surface area contributed by atoms with Crippen molar-refractivity contribution in [1.82, 2.24) is 0 Å². The molecule has 2 aromatic carbocycles. The fourth-order valence-electron chi connectivity index (χ4n) is 2.89. The largest absolute Gasteiger partial charge is 0.466 e. The number of esters is 1. The van der Waals surface area contributed by atoms with Gasteiger partial charge in [-0.2, -0.15) is 0 Å². The highest BCUT2D eigenvalue weighted by molar-refractivity contribution is 6.52. The lowest BCUT2D eigenvalue weighted by Gasteiger charge is -2.29. The average Bonchev–Trinajstić information content (AvgIpc) is 2.87. The summed E-state index contributed by atoms with van der Waals surface area (Å²) in [7, 11) is 1.18. The fourth-order valence-corrected chi connectivity index (χ4v) is 2.89. The molecule has 0 N–H and O–H groups in total. The number of halogens is 1. The number of rotatable bonds is 4. The van der Waals surface area contributed by atoms with Crippen molar-refractivity contribution < 1.29 is 23.5 Å². The van der Waals surface area contributed by atoms with E-state index in [0.717, 1.165) is 4.90 Å². The molecule has 0 fully saturated rings. The summed E-state index contributed by atoms with van der Waals surface area (Å²) in [5, 5.41) is 0. The van der Waals surface area contributed by atoms with E-state index >= 15 is 0 Å². The quantitative estimate of drug-likeness (QED) is 0.488. The van der Waals surface area contributed by atoms with Crippen LogP contribution in [0.2, 0.25) is 0 Å². The second-order valence-corrected chi connectivity index (χ2v) is 5.50. The topological polar surface area (TPSA) is 63.7 Å². The predicted octanol–water partition coefficient (Wildman–Crippen LogP) is 2.83. The molecule has 0 bridgehead atoms. The number of carbonyl (C=O) groups is 3. The normalized spacial score (nSPS) is 14.2. The molecular formula is C19H14FNO4. The molecule has 0 aliphatic carbocycles. The molecule has 0 unspecified atom stereocenters. The number of para-hydroxylation sites is 1. The van der Waals surface area contributed by atoms with Crippen LogP contribution in [0.25, 0.3) is 0 Å². The second-order valence-electron chi connectivity index (χ2n) is 5.50. The number of ether oxygens (including phenoxy) is 1. The minimum Gasteiger partial charge on any atom is -0.466 e. The Kier molecular flexibility index (Phi) is 4.19. The summed E-state index contributed by atoms with van der Waals surface area (Å²) in [5.74, 6) is -2.78. The van der Waals surface area contributed by atoms with Crippen LogP contribution in [0.5, 0.6) is 0 Å². The zero-order chi connectivity index (χ0) is 18.1. The van der Waals surface area contributed by atoms with E-state index in [1.54, 1.807) is 24.3 Å². The summed E-state index contributed by atoms with van der Waals surface area (Å²) in [6, 6.07) is 10.8. The van der Waals surface area contributed by atoms with E-state index in [2.05, 4.69) is 6.58 Å². The third-order valence-corrected chi connectivity index (χ3v) is 4.02. The van der Waals surface area contributed by atoms with Crippen molar-refractivity contribution in [2.75, 3.05) is 12.0 Å². The number of ketones is 1. The van der Waals surface area contributed by atoms with E-state index in [9.17, 15) is 18.8 Å². The van der Waals surface area contributed by atoms with Gasteiger partial charge >= 0.3 is 5.97 Å². The maximum Gasteiger partial charge on any atom is 0.335 e. The Hall–Kier alpha value is -3.28. The molecule has 1 aliphatic heterocycles. The number of anilines is 1. The van der Waals surface area contributed by atoms with Crippen molar-refractivity contribution in [1.29, 1.82) is 0 Å². The van der Waals surface area contributed by atoms with Gasteiger partial charge in [0.2, 0.25) is 0 Å². The number of benzene rings is 2. The number of amides is 1. The minimum absolute atomic E-state index is 0.0778. The van der Waals surface area contributed by atoms with E-state index in [1.807, 2.05) is 0 Å². The number of hydrogen-bond acceptors (Lipinski definition) is 4. The highest BCUT2D eigenvalue weighted by Gasteiger charge is 2.42. The van der Waals surface area contributed by atoms with Gasteiger partial charge in [0, 0.05) is 0 Å². The van der Waals surface area contributed by atoms with Gasteiger partial charge in [-0.3, -0.25) is 14.5 Å². The van der Waals surface area contributed by atoms with Gasteiger partial charge in [0.15, 0.2) is 0 Å². The maximum absolute atomic E-state index is 13.7. The summed E-state index contributed by atoms with van der Waals surface area (Å²) in [5.41, 5.74) is 0.808. The first-order valence-corrected chi connectivity index (χ1v) is 7.45. The van der Waals surface area contributed by atoms with Crippen molar-refractivity contribution >= 4 is 23.3 Å². The van der Waals surface area contributed by atoms with Gasteiger partial charge in [0.1, 0.15) is 5.82 Å². The molecule has 0 radical (unpaired) electrons. The second kappa shape index (κ2) is 6.32. The Morgan fingerprint density at radius 1 is 1.16 bits per heavy atom. The number of methoxy groups -OCH3 is 1. The molecule has 0 saturated carbocycles. The van der Waals surface area contributed by atoms with Gasteiger partial charge in [-0.15, -0.1) is 0 Å². The average molecular weight is 339 g/mol. The van der Waals surface area contributed by atoms with Crippen LogP contribution in [0.15, 0.2) is 60.7 Å². The predicted molar refractivity (Wildman–Crippen MR) is 88.6 cm³/mol. The van der Waals surface area contributed by atoms with E-state index < -0.39 is 29.5 Å². The van der Waals surface area contributed by atoms with Crippen LogP contribution >= 0.6 is 0 Å². The van der Waals surface area contributed by atoms with Crippen molar-refractivity contribution in [2.24, 2.45) is 0 Å². The Morgan fingerprint density at radius 2 is 1.88 bits per heavy atom. The first-order valence-electron chi connectivity index (χ1n) is 7.45. The molecule has 0 saturated heterocycles. The highest BCUT2D eigenvalue weighted by Crippen LogP contribution is 2.39. The zero-order valence-corrected chi connectivity index (χ0v) is 13.4. The lowest BCUT2D eigenvalue weighted by molar-refractivity contribution is -0.136. The molecular weight excluding hydrogens is 325 g/mol. The molecule has 6 heteroatoms. The maximum atomic E-state index is 13.7. The van der Waals surface area contributed by atoms with Crippen LogP contribution in [0.3, 0.4) is 0 Å². The molecule has 0 aromatic heterocycles. The standard InChI is InChI=1S/C19H14FNO4/c1-11(19(24)25-2)16(12-6-5-7-13(20)10-12)21-15-9-4-3-8-14(15)17(22)18(21)23/h3-10,16H,1H2,2H3/t16-/m1/s1. The van der Waals surface area contributed by atoms with Crippen LogP contribution < -0.4 is 4.90 Å². The van der Waals surface area contributed by atoms with Gasteiger partial charge in [-0.25, -0.2) is 9.18 Å². The Bertz CT molecular complexity index is 906. The summed E-state index contributed by atoms with van der Waals surface area (Å²) in [6.07, 6.45) is 0. The monoisotopic (exact) mass is 339 g/mol. The summed E-state index contributed by atoms with van der Waals surface area (Å²) in [4.78, 5) is 38.0. The molecule has 25 heavy (non-hydrogen) atoms. The van der Waals surface area contributed by atoms with Gasteiger partial charge < -0.3 is 4.74 Å². The minimum atomic E-state index is -1.05. The third kappa shape index (κ3) is 2.71. The summed E-state index contributed by atoms with van der Waals surface area (Å²) >= 11 is 0. The first kappa shape index (κ1) is 16.6. The number of Topliss-reactive ketones (excluding diaryl/α,β-unsaturated/α-hetero) is 1. The number of nitrogens with zero attached hydrogens (tertiary/aromatic N) is 1. The van der Waals surface area contributed by atoms with Crippen LogP contribution in [0, 0.1) is 5.82 Å². The van der Waals surface area contributed by atoms with Crippen molar-refractivity contribution in [2.45, 2.75) is 6.04 Å². The summed E-state index contributed by atoms with van der Waals surface area (Å²) in [6.45, 7) is 3.71. The third-order valence-electron chi connectivity index (χ3n) is 4.02. The Labute approximate surface area is 143 Å².